The molecule has 1 aromatic heterocycles. The smallest absolute Gasteiger partial charge is 0.330 e. The van der Waals surface area contributed by atoms with Gasteiger partial charge in [-0.15, -0.1) is 0 Å². The number of halogens is 1. The Morgan fingerprint density at radius 3 is 3.12 bits per heavy atom. The van der Waals surface area contributed by atoms with Crippen molar-refractivity contribution < 1.29 is 9.53 Å². The van der Waals surface area contributed by atoms with Crippen LogP contribution in [-0.2, 0) is 9.53 Å². The highest BCUT2D eigenvalue weighted by Gasteiger charge is 2.02. The summed E-state index contributed by atoms with van der Waals surface area (Å²) in [5.74, 6) is -0.320. The number of rotatable bonds is 3. The Labute approximate surface area is 108 Å². The van der Waals surface area contributed by atoms with Crippen LogP contribution in [0.2, 0.25) is 0 Å². The van der Waals surface area contributed by atoms with E-state index in [1.165, 1.54) is 6.08 Å². The Balaban J connectivity index is 2.28. The van der Waals surface area contributed by atoms with E-state index in [0.29, 0.717) is 6.61 Å². The number of fused-ring (bicyclic) bond motifs is 1. The van der Waals surface area contributed by atoms with Crippen molar-refractivity contribution in [3.63, 3.8) is 0 Å². The Bertz CT molecular complexity index is 572. The molecule has 4 heteroatoms. The van der Waals surface area contributed by atoms with Gasteiger partial charge < -0.3 is 9.72 Å². The topological polar surface area (TPSA) is 42.1 Å². The third kappa shape index (κ3) is 2.77. The molecule has 0 unspecified atom stereocenters. The first-order chi connectivity index (χ1) is 8.20. The van der Waals surface area contributed by atoms with E-state index in [9.17, 15) is 4.79 Å². The summed E-state index contributed by atoms with van der Waals surface area (Å²) >= 11 is 3.41. The Morgan fingerprint density at radius 2 is 2.35 bits per heavy atom. The molecule has 0 spiro atoms. The van der Waals surface area contributed by atoms with Crippen molar-refractivity contribution in [2.45, 2.75) is 6.92 Å². The minimum absolute atomic E-state index is 0.320. The predicted molar refractivity (Wildman–Crippen MR) is 71.7 cm³/mol. The molecule has 0 aliphatic carbocycles. The number of aromatic nitrogens is 1. The van der Waals surface area contributed by atoms with Crippen LogP contribution in [0.5, 0.6) is 0 Å². The lowest BCUT2D eigenvalue weighted by molar-refractivity contribution is -0.137. The van der Waals surface area contributed by atoms with E-state index >= 15 is 0 Å². The van der Waals surface area contributed by atoms with Gasteiger partial charge in [0.25, 0.3) is 0 Å². The molecule has 2 rings (SSSR count). The maximum absolute atomic E-state index is 11.2. The van der Waals surface area contributed by atoms with Gasteiger partial charge in [0, 0.05) is 33.2 Å². The maximum Gasteiger partial charge on any atom is 0.330 e. The Morgan fingerprint density at radius 1 is 1.53 bits per heavy atom. The van der Waals surface area contributed by atoms with Gasteiger partial charge in [0.15, 0.2) is 0 Å². The molecule has 1 N–H and O–H groups in total. The molecular weight excluding hydrogens is 282 g/mol. The molecule has 0 atom stereocenters. The molecule has 2 aromatic rings. The lowest BCUT2D eigenvalue weighted by Crippen LogP contribution is -1.98. The highest BCUT2D eigenvalue weighted by molar-refractivity contribution is 9.10. The predicted octanol–water partition coefficient (Wildman–Crippen LogP) is 3.51. The van der Waals surface area contributed by atoms with Crippen molar-refractivity contribution in [2.24, 2.45) is 0 Å². The summed E-state index contributed by atoms with van der Waals surface area (Å²) in [6, 6.07) is 5.97. The number of H-pyrrole nitrogens is 1. The van der Waals surface area contributed by atoms with Crippen LogP contribution in [0.3, 0.4) is 0 Å². The summed E-state index contributed by atoms with van der Waals surface area (Å²) < 4.78 is 5.85. The second-order valence-electron chi connectivity index (χ2n) is 3.52. The molecule has 88 valence electrons. The Kier molecular flexibility index (Phi) is 3.64. The zero-order valence-corrected chi connectivity index (χ0v) is 11.0. The first kappa shape index (κ1) is 11.9. The molecule has 17 heavy (non-hydrogen) atoms. The molecule has 0 aliphatic rings. The maximum atomic E-state index is 11.2. The van der Waals surface area contributed by atoms with Gasteiger partial charge in [-0.1, -0.05) is 22.0 Å². The third-order valence-corrected chi connectivity index (χ3v) is 2.85. The first-order valence-electron chi connectivity index (χ1n) is 5.32. The fourth-order valence-electron chi connectivity index (χ4n) is 1.61. The fraction of sp³-hybridized carbons (Fsp3) is 0.154. The van der Waals surface area contributed by atoms with Crippen molar-refractivity contribution in [2.75, 3.05) is 6.61 Å². The largest absolute Gasteiger partial charge is 0.463 e. The molecular formula is C13H12BrNO2. The average Bonchev–Trinajstić information content (AvgIpc) is 2.69. The van der Waals surface area contributed by atoms with Crippen LogP contribution in [0.4, 0.5) is 0 Å². The number of esters is 1. The number of nitrogens with one attached hydrogen (secondary N) is 1. The summed E-state index contributed by atoms with van der Waals surface area (Å²) in [6.07, 6.45) is 5.06. The molecule has 0 radical (unpaired) electrons. The van der Waals surface area contributed by atoms with Gasteiger partial charge in [0.05, 0.1) is 6.61 Å². The second-order valence-corrected chi connectivity index (χ2v) is 4.43. The third-order valence-electron chi connectivity index (χ3n) is 2.36. The van der Waals surface area contributed by atoms with Gasteiger partial charge in [-0.25, -0.2) is 4.79 Å². The summed E-state index contributed by atoms with van der Waals surface area (Å²) in [6.45, 7) is 2.18. The number of carbonyl (C=O) groups is 1. The molecule has 1 heterocycles. The Hall–Kier alpha value is -1.55. The summed E-state index contributed by atoms with van der Waals surface area (Å²) in [5, 5.41) is 1.08. The van der Waals surface area contributed by atoms with Crippen molar-refractivity contribution in [1.29, 1.82) is 0 Å². The van der Waals surface area contributed by atoms with E-state index in [4.69, 9.17) is 4.74 Å². The number of hydrogen-bond acceptors (Lipinski definition) is 2. The monoisotopic (exact) mass is 293 g/mol. The molecule has 3 nitrogen and oxygen atoms in total. The van der Waals surface area contributed by atoms with E-state index in [1.807, 2.05) is 24.4 Å². The van der Waals surface area contributed by atoms with Gasteiger partial charge in [0.1, 0.15) is 0 Å². The van der Waals surface area contributed by atoms with Crippen LogP contribution < -0.4 is 0 Å². The number of ether oxygens (including phenoxy) is 1. The summed E-state index contributed by atoms with van der Waals surface area (Å²) in [5.41, 5.74) is 2.00. The average molecular weight is 294 g/mol. The zero-order valence-electron chi connectivity index (χ0n) is 9.37. The zero-order chi connectivity index (χ0) is 12.3. The van der Waals surface area contributed by atoms with Gasteiger partial charge in [0.2, 0.25) is 0 Å². The van der Waals surface area contributed by atoms with Crippen molar-refractivity contribution in [3.8, 4) is 0 Å². The minimum atomic E-state index is -0.320. The number of benzene rings is 1. The van der Waals surface area contributed by atoms with Crippen LogP contribution >= 0.6 is 15.9 Å². The van der Waals surface area contributed by atoms with Crippen LogP contribution in [0.1, 0.15) is 12.5 Å². The second kappa shape index (κ2) is 5.19. The quantitative estimate of drug-likeness (QED) is 0.695. The standard InChI is InChI=1S/C13H12BrNO2/c1-2-17-13(16)6-3-9-8-15-12-7-10(14)4-5-11(9)12/h3-8,15H,2H2,1H3/b6-3+. The minimum Gasteiger partial charge on any atom is -0.463 e. The van der Waals surface area contributed by atoms with Gasteiger partial charge in [-0.2, -0.15) is 0 Å². The van der Waals surface area contributed by atoms with Gasteiger partial charge in [-0.3, -0.25) is 0 Å². The molecule has 1 aromatic carbocycles. The highest BCUT2D eigenvalue weighted by Crippen LogP contribution is 2.23. The van der Waals surface area contributed by atoms with E-state index in [1.54, 1.807) is 13.0 Å². The van der Waals surface area contributed by atoms with Gasteiger partial charge >= 0.3 is 5.97 Å². The first-order valence-corrected chi connectivity index (χ1v) is 6.11. The van der Waals surface area contributed by atoms with Crippen LogP contribution in [0.25, 0.3) is 17.0 Å². The molecule has 0 bridgehead atoms. The summed E-state index contributed by atoms with van der Waals surface area (Å²) in [4.78, 5) is 14.4. The van der Waals surface area contributed by atoms with Crippen LogP contribution in [0.15, 0.2) is 34.9 Å². The SMILES string of the molecule is CCOC(=O)/C=C/c1c[nH]c2cc(Br)ccc12. The summed E-state index contributed by atoms with van der Waals surface area (Å²) in [7, 11) is 0. The van der Waals surface area contributed by atoms with Crippen molar-refractivity contribution in [1.82, 2.24) is 4.98 Å². The van der Waals surface area contributed by atoms with E-state index in [0.717, 1.165) is 20.9 Å². The highest BCUT2D eigenvalue weighted by atomic mass is 79.9. The number of aromatic amines is 1. The van der Waals surface area contributed by atoms with Crippen molar-refractivity contribution in [3.05, 3.63) is 40.5 Å². The van der Waals surface area contributed by atoms with Crippen LogP contribution in [0, 0.1) is 0 Å². The fourth-order valence-corrected chi connectivity index (χ4v) is 1.97. The lowest BCUT2D eigenvalue weighted by Gasteiger charge is -1.95. The van der Waals surface area contributed by atoms with E-state index < -0.39 is 0 Å². The normalized spacial score (nSPS) is 11.2. The van der Waals surface area contributed by atoms with E-state index in [-0.39, 0.29) is 5.97 Å². The number of carbonyl (C=O) groups excluding carboxylic acids is 1. The number of hydrogen-bond donors (Lipinski definition) is 1. The molecule has 0 saturated carbocycles. The van der Waals surface area contributed by atoms with Crippen LogP contribution in [-0.4, -0.2) is 17.6 Å². The van der Waals surface area contributed by atoms with Gasteiger partial charge in [-0.05, 0) is 25.1 Å². The lowest BCUT2D eigenvalue weighted by atomic mass is 10.1. The van der Waals surface area contributed by atoms with E-state index in [2.05, 4.69) is 20.9 Å². The molecule has 0 saturated heterocycles. The molecule has 0 amide bonds. The molecule has 0 fully saturated rings. The van der Waals surface area contributed by atoms with Crippen molar-refractivity contribution >= 4 is 38.9 Å². The molecule has 0 aliphatic heterocycles.